The van der Waals surface area contributed by atoms with E-state index >= 15 is 0 Å². The number of nitrogens with one attached hydrogen (secondary N) is 1. The molecule has 0 atom stereocenters. The summed E-state index contributed by atoms with van der Waals surface area (Å²) in [5.74, 6) is 2.50. The molecule has 4 bridgehead atoms. The van der Waals surface area contributed by atoms with Crippen molar-refractivity contribution in [3.8, 4) is 10.6 Å². The molecular formula is C23H29N3OS. The Bertz CT molecular complexity index is 899. The SMILES string of the molecule is Cc1cc(C)c(C)c(-c2nnc(NC(=O)C34CC5CC(CC(C5)C3)C4)s2)c1C. The van der Waals surface area contributed by atoms with E-state index in [0.29, 0.717) is 5.13 Å². The van der Waals surface area contributed by atoms with E-state index in [-0.39, 0.29) is 11.3 Å². The standard InChI is InChI=1S/C23H29N3OS/c1-12-5-13(2)15(4)19(14(12)3)20-25-26-22(28-20)24-21(27)23-9-16-6-17(10-23)8-18(7-16)11-23/h5,16-18H,6-11H2,1-4H3,(H,24,26,27). The van der Waals surface area contributed by atoms with E-state index in [4.69, 9.17) is 0 Å². The summed E-state index contributed by atoms with van der Waals surface area (Å²) in [5.41, 5.74) is 6.06. The van der Waals surface area contributed by atoms with Crippen molar-refractivity contribution in [2.45, 2.75) is 66.2 Å². The Balaban J connectivity index is 1.40. The van der Waals surface area contributed by atoms with Crippen LogP contribution in [-0.2, 0) is 4.79 Å². The highest BCUT2D eigenvalue weighted by atomic mass is 32.1. The smallest absolute Gasteiger partial charge is 0.232 e. The number of carbonyl (C=O) groups is 1. The Hall–Kier alpha value is -1.75. The van der Waals surface area contributed by atoms with Gasteiger partial charge in [-0.25, -0.2) is 0 Å². The molecule has 0 unspecified atom stereocenters. The molecule has 5 heteroatoms. The largest absolute Gasteiger partial charge is 0.300 e. The number of anilines is 1. The third kappa shape index (κ3) is 2.81. The fourth-order valence-electron chi connectivity index (χ4n) is 6.53. The zero-order valence-corrected chi connectivity index (χ0v) is 18.1. The van der Waals surface area contributed by atoms with Crippen molar-refractivity contribution in [1.29, 1.82) is 0 Å². The average Bonchev–Trinajstić information content (AvgIpc) is 3.07. The lowest BCUT2D eigenvalue weighted by atomic mass is 9.49. The Labute approximate surface area is 171 Å². The zero-order chi connectivity index (χ0) is 19.6. The summed E-state index contributed by atoms with van der Waals surface area (Å²) >= 11 is 1.51. The normalized spacial score (nSPS) is 30.6. The van der Waals surface area contributed by atoms with Crippen LogP contribution in [0.1, 0.15) is 60.8 Å². The highest BCUT2D eigenvalue weighted by Gasteiger charge is 2.54. The van der Waals surface area contributed by atoms with Crippen LogP contribution in [0.25, 0.3) is 10.6 Å². The molecule has 0 aliphatic heterocycles. The first kappa shape index (κ1) is 18.3. The van der Waals surface area contributed by atoms with Gasteiger partial charge in [0.25, 0.3) is 0 Å². The first-order valence-corrected chi connectivity index (χ1v) is 11.4. The molecular weight excluding hydrogens is 366 g/mol. The number of amides is 1. The number of benzene rings is 1. The highest BCUT2D eigenvalue weighted by molar-refractivity contribution is 7.18. The summed E-state index contributed by atoms with van der Waals surface area (Å²) in [7, 11) is 0. The van der Waals surface area contributed by atoms with Crippen molar-refractivity contribution >= 4 is 22.4 Å². The number of nitrogens with zero attached hydrogens (tertiary/aromatic N) is 2. The van der Waals surface area contributed by atoms with E-state index in [0.717, 1.165) is 42.0 Å². The van der Waals surface area contributed by atoms with Gasteiger partial charge in [0, 0.05) is 5.56 Å². The van der Waals surface area contributed by atoms with Gasteiger partial charge in [-0.1, -0.05) is 17.4 Å². The van der Waals surface area contributed by atoms with E-state index < -0.39 is 0 Å². The molecule has 1 N–H and O–H groups in total. The Morgan fingerprint density at radius 1 is 0.964 bits per heavy atom. The van der Waals surface area contributed by atoms with Crippen LogP contribution < -0.4 is 5.32 Å². The van der Waals surface area contributed by atoms with Gasteiger partial charge < -0.3 is 5.32 Å². The van der Waals surface area contributed by atoms with Crippen LogP contribution in [0.4, 0.5) is 5.13 Å². The van der Waals surface area contributed by atoms with Crippen LogP contribution in [0.15, 0.2) is 6.07 Å². The van der Waals surface area contributed by atoms with Gasteiger partial charge in [-0.15, -0.1) is 10.2 Å². The number of aromatic nitrogens is 2. The minimum Gasteiger partial charge on any atom is -0.300 e. The number of carbonyl (C=O) groups excluding carboxylic acids is 1. The molecule has 1 aromatic heterocycles. The number of hydrogen-bond donors (Lipinski definition) is 1. The van der Waals surface area contributed by atoms with E-state index in [9.17, 15) is 4.79 Å². The summed E-state index contributed by atoms with van der Waals surface area (Å²) in [6, 6.07) is 2.23. The minimum atomic E-state index is -0.146. The molecule has 0 spiro atoms. The molecule has 0 radical (unpaired) electrons. The van der Waals surface area contributed by atoms with Crippen LogP contribution in [0, 0.1) is 50.9 Å². The van der Waals surface area contributed by atoms with Crippen molar-refractivity contribution in [3.05, 3.63) is 28.3 Å². The lowest BCUT2D eigenvalue weighted by Gasteiger charge is -2.55. The van der Waals surface area contributed by atoms with Gasteiger partial charge in [-0.05, 0) is 106 Å². The van der Waals surface area contributed by atoms with E-state index in [1.165, 1.54) is 58.4 Å². The van der Waals surface area contributed by atoms with Gasteiger partial charge in [0.05, 0.1) is 5.41 Å². The van der Waals surface area contributed by atoms with Crippen molar-refractivity contribution in [1.82, 2.24) is 10.2 Å². The molecule has 28 heavy (non-hydrogen) atoms. The maximum absolute atomic E-state index is 13.3. The van der Waals surface area contributed by atoms with E-state index in [2.05, 4.69) is 49.3 Å². The molecule has 4 aliphatic carbocycles. The molecule has 1 aromatic carbocycles. The predicted octanol–water partition coefficient (Wildman–Crippen LogP) is 5.59. The Morgan fingerprint density at radius 2 is 1.50 bits per heavy atom. The summed E-state index contributed by atoms with van der Waals surface area (Å²) < 4.78 is 0. The monoisotopic (exact) mass is 395 g/mol. The molecule has 1 amide bonds. The maximum Gasteiger partial charge on any atom is 0.232 e. The Kier molecular flexibility index (Phi) is 4.17. The predicted molar refractivity (Wildman–Crippen MR) is 114 cm³/mol. The molecule has 4 aliphatic rings. The molecule has 1 heterocycles. The van der Waals surface area contributed by atoms with Crippen LogP contribution in [0.3, 0.4) is 0 Å². The van der Waals surface area contributed by atoms with Crippen LogP contribution in [0.2, 0.25) is 0 Å². The maximum atomic E-state index is 13.3. The average molecular weight is 396 g/mol. The van der Waals surface area contributed by atoms with Crippen molar-refractivity contribution in [2.24, 2.45) is 23.2 Å². The second kappa shape index (κ2) is 6.38. The van der Waals surface area contributed by atoms with Gasteiger partial charge in [-0.2, -0.15) is 0 Å². The first-order chi connectivity index (χ1) is 13.3. The van der Waals surface area contributed by atoms with Gasteiger partial charge in [-0.3, -0.25) is 4.79 Å². The fourth-order valence-corrected chi connectivity index (χ4v) is 7.43. The zero-order valence-electron chi connectivity index (χ0n) is 17.3. The summed E-state index contributed by atoms with van der Waals surface area (Å²) in [6.07, 6.45) is 7.27. The lowest BCUT2D eigenvalue weighted by molar-refractivity contribution is -0.140. The molecule has 4 saturated carbocycles. The van der Waals surface area contributed by atoms with E-state index in [1.54, 1.807) is 0 Å². The van der Waals surface area contributed by atoms with Gasteiger partial charge in [0.1, 0.15) is 5.01 Å². The lowest BCUT2D eigenvalue weighted by Crippen LogP contribution is -2.51. The quantitative estimate of drug-likeness (QED) is 0.736. The number of hydrogen-bond acceptors (Lipinski definition) is 4. The van der Waals surface area contributed by atoms with Gasteiger partial charge in [0.2, 0.25) is 11.0 Å². The third-order valence-electron chi connectivity index (χ3n) is 7.75. The number of aryl methyl sites for hydroxylation is 2. The fraction of sp³-hybridized carbons (Fsp3) is 0.609. The van der Waals surface area contributed by atoms with Crippen LogP contribution >= 0.6 is 11.3 Å². The second-order valence-electron chi connectivity index (χ2n) is 9.70. The highest BCUT2D eigenvalue weighted by Crippen LogP contribution is 2.60. The van der Waals surface area contributed by atoms with Crippen molar-refractivity contribution < 1.29 is 4.79 Å². The van der Waals surface area contributed by atoms with Gasteiger partial charge in [0.15, 0.2) is 0 Å². The second-order valence-corrected chi connectivity index (χ2v) is 10.7. The number of rotatable bonds is 3. The summed E-state index contributed by atoms with van der Waals surface area (Å²) in [4.78, 5) is 13.3. The molecule has 6 rings (SSSR count). The molecule has 2 aromatic rings. The molecule has 4 nitrogen and oxygen atoms in total. The molecule has 0 saturated heterocycles. The van der Waals surface area contributed by atoms with E-state index in [1.807, 2.05) is 0 Å². The molecule has 148 valence electrons. The third-order valence-corrected chi connectivity index (χ3v) is 8.60. The summed E-state index contributed by atoms with van der Waals surface area (Å²) in [5, 5.41) is 13.5. The van der Waals surface area contributed by atoms with Crippen LogP contribution in [-0.4, -0.2) is 16.1 Å². The Morgan fingerprint density at radius 3 is 2.04 bits per heavy atom. The van der Waals surface area contributed by atoms with Crippen LogP contribution in [0.5, 0.6) is 0 Å². The minimum absolute atomic E-state index is 0.146. The summed E-state index contributed by atoms with van der Waals surface area (Å²) in [6.45, 7) is 8.57. The first-order valence-electron chi connectivity index (χ1n) is 10.6. The van der Waals surface area contributed by atoms with Gasteiger partial charge >= 0.3 is 0 Å². The topological polar surface area (TPSA) is 54.9 Å². The van der Waals surface area contributed by atoms with Crippen molar-refractivity contribution in [2.75, 3.05) is 5.32 Å². The van der Waals surface area contributed by atoms with Crippen molar-refractivity contribution in [3.63, 3.8) is 0 Å². The molecule has 4 fully saturated rings.